The lowest BCUT2D eigenvalue weighted by Gasteiger charge is -2.12. The summed E-state index contributed by atoms with van der Waals surface area (Å²) >= 11 is 0. The second-order valence-electron chi connectivity index (χ2n) is 6.26. The van der Waals surface area contributed by atoms with Gasteiger partial charge in [-0.1, -0.05) is 12.1 Å². The Balaban J connectivity index is 2.12. The number of carbonyl (C=O) groups is 1. The summed E-state index contributed by atoms with van der Waals surface area (Å²) < 4.78 is 1.60. The molecule has 0 radical (unpaired) electrons. The highest BCUT2D eigenvalue weighted by Gasteiger charge is 2.18. The zero-order valence-corrected chi connectivity index (χ0v) is 14.9. The van der Waals surface area contributed by atoms with Gasteiger partial charge in [-0.3, -0.25) is 9.59 Å². The molecule has 0 aliphatic rings. The van der Waals surface area contributed by atoms with Gasteiger partial charge in [0, 0.05) is 12.2 Å². The molecule has 0 spiro atoms. The number of nitrogens with one attached hydrogen (secondary N) is 1. The predicted octanol–water partition coefficient (Wildman–Crippen LogP) is 3.59. The summed E-state index contributed by atoms with van der Waals surface area (Å²) in [6.07, 6.45) is 0. The summed E-state index contributed by atoms with van der Waals surface area (Å²) in [6.45, 7) is 8.30. The molecule has 2 aromatic carbocycles. The first-order valence-corrected chi connectivity index (χ1v) is 8.30. The molecule has 5 heteroatoms. The van der Waals surface area contributed by atoms with Crippen LogP contribution in [0.5, 0.6) is 0 Å². The van der Waals surface area contributed by atoms with Gasteiger partial charge in [0.1, 0.15) is 0 Å². The van der Waals surface area contributed by atoms with Crippen LogP contribution in [0.15, 0.2) is 41.2 Å². The number of aromatic nitrogens is 2. The Morgan fingerprint density at radius 3 is 2.52 bits per heavy atom. The van der Waals surface area contributed by atoms with Crippen molar-refractivity contribution < 1.29 is 4.79 Å². The summed E-state index contributed by atoms with van der Waals surface area (Å²) in [7, 11) is 0. The Morgan fingerprint density at radius 1 is 1.12 bits per heavy atom. The first kappa shape index (κ1) is 16.9. The molecule has 128 valence electrons. The largest absolute Gasteiger partial charge is 0.320 e. The first-order chi connectivity index (χ1) is 11.9. The molecule has 1 aromatic heterocycles. The maximum absolute atomic E-state index is 12.7. The molecule has 1 amide bonds. The molecule has 0 saturated carbocycles. The van der Waals surface area contributed by atoms with Crippen LogP contribution in [0.2, 0.25) is 0 Å². The highest BCUT2D eigenvalue weighted by atomic mass is 16.2. The van der Waals surface area contributed by atoms with Gasteiger partial charge in [0.2, 0.25) is 0 Å². The molecular formula is C20H21N3O2. The first-order valence-electron chi connectivity index (χ1n) is 8.30. The quantitative estimate of drug-likeness (QED) is 0.795. The summed E-state index contributed by atoms with van der Waals surface area (Å²) in [5.74, 6) is -0.488. The molecule has 5 nitrogen and oxygen atoms in total. The highest BCUT2D eigenvalue weighted by molar-refractivity contribution is 6.03. The third-order valence-electron chi connectivity index (χ3n) is 4.37. The summed E-state index contributed by atoms with van der Waals surface area (Å²) in [6, 6.07) is 11.3. The average Bonchev–Trinajstić information content (AvgIpc) is 2.56. The van der Waals surface area contributed by atoms with Crippen molar-refractivity contribution in [3.63, 3.8) is 0 Å². The molecule has 1 heterocycles. The van der Waals surface area contributed by atoms with E-state index in [4.69, 9.17) is 0 Å². The van der Waals surface area contributed by atoms with Crippen LogP contribution in [0.3, 0.4) is 0 Å². The van der Waals surface area contributed by atoms with Gasteiger partial charge in [-0.05, 0) is 68.7 Å². The molecule has 1 N–H and O–H groups in total. The van der Waals surface area contributed by atoms with Gasteiger partial charge in [0.25, 0.3) is 11.5 Å². The Kier molecular flexibility index (Phi) is 4.40. The van der Waals surface area contributed by atoms with Crippen LogP contribution in [-0.4, -0.2) is 15.5 Å². The molecule has 3 aromatic rings. The van der Waals surface area contributed by atoms with Gasteiger partial charge in [-0.2, -0.15) is 0 Å². The SMILES string of the molecule is CCn1c(=O)c(C(=O)Nc2cccc(C)c2)nc2cc(C)c(C)cc21. The van der Waals surface area contributed by atoms with Gasteiger partial charge < -0.3 is 9.88 Å². The van der Waals surface area contributed by atoms with Gasteiger partial charge in [-0.25, -0.2) is 4.98 Å². The molecule has 0 saturated heterocycles. The van der Waals surface area contributed by atoms with Crippen molar-refractivity contribution in [1.29, 1.82) is 0 Å². The molecule has 3 rings (SSSR count). The smallest absolute Gasteiger partial charge is 0.282 e. The number of nitrogens with zero attached hydrogens (tertiary/aromatic N) is 2. The van der Waals surface area contributed by atoms with Crippen molar-refractivity contribution in [2.75, 3.05) is 5.32 Å². The molecule has 0 aliphatic carbocycles. The molecule has 0 aliphatic heterocycles. The van der Waals surface area contributed by atoms with Crippen LogP contribution >= 0.6 is 0 Å². The minimum atomic E-state index is -0.488. The number of amides is 1. The van der Waals surface area contributed by atoms with Crippen LogP contribution in [0.25, 0.3) is 11.0 Å². The normalized spacial score (nSPS) is 10.9. The number of hydrogen-bond acceptors (Lipinski definition) is 3. The molecule has 0 fully saturated rings. The highest BCUT2D eigenvalue weighted by Crippen LogP contribution is 2.17. The van der Waals surface area contributed by atoms with Crippen molar-refractivity contribution in [3.05, 3.63) is 69.1 Å². The monoisotopic (exact) mass is 335 g/mol. The van der Waals surface area contributed by atoms with E-state index in [1.807, 2.05) is 58.0 Å². The maximum Gasteiger partial charge on any atom is 0.282 e. The zero-order valence-electron chi connectivity index (χ0n) is 14.9. The van der Waals surface area contributed by atoms with E-state index in [1.54, 1.807) is 10.6 Å². The number of aryl methyl sites for hydroxylation is 4. The van der Waals surface area contributed by atoms with E-state index in [9.17, 15) is 9.59 Å². The molecule has 0 atom stereocenters. The van der Waals surface area contributed by atoms with Crippen molar-refractivity contribution in [3.8, 4) is 0 Å². The molecule has 0 bridgehead atoms. The van der Waals surface area contributed by atoms with E-state index in [1.165, 1.54) is 0 Å². The van der Waals surface area contributed by atoms with Crippen molar-refractivity contribution in [2.24, 2.45) is 0 Å². The Hall–Kier alpha value is -2.95. The van der Waals surface area contributed by atoms with Gasteiger partial charge in [-0.15, -0.1) is 0 Å². The third-order valence-corrected chi connectivity index (χ3v) is 4.37. The number of hydrogen-bond donors (Lipinski definition) is 1. The lowest BCUT2D eigenvalue weighted by molar-refractivity contribution is 0.102. The average molecular weight is 335 g/mol. The number of fused-ring (bicyclic) bond motifs is 1. The summed E-state index contributed by atoms with van der Waals surface area (Å²) in [5, 5.41) is 2.77. The van der Waals surface area contributed by atoms with Gasteiger partial charge in [0.05, 0.1) is 11.0 Å². The fraction of sp³-hybridized carbons (Fsp3) is 0.250. The summed E-state index contributed by atoms with van der Waals surface area (Å²) in [4.78, 5) is 29.7. The molecule has 25 heavy (non-hydrogen) atoms. The topological polar surface area (TPSA) is 64.0 Å². The minimum Gasteiger partial charge on any atom is -0.320 e. The second kappa shape index (κ2) is 6.51. The fourth-order valence-electron chi connectivity index (χ4n) is 2.87. The van der Waals surface area contributed by atoms with E-state index < -0.39 is 5.91 Å². The molecule has 0 unspecified atom stereocenters. The summed E-state index contributed by atoms with van der Waals surface area (Å²) in [5.41, 5.74) is 4.79. The predicted molar refractivity (Wildman–Crippen MR) is 100 cm³/mol. The van der Waals surface area contributed by atoms with Gasteiger partial charge >= 0.3 is 0 Å². The zero-order chi connectivity index (χ0) is 18.1. The lowest BCUT2D eigenvalue weighted by Crippen LogP contribution is -2.31. The Morgan fingerprint density at radius 2 is 1.84 bits per heavy atom. The minimum absolute atomic E-state index is 0.0842. The van der Waals surface area contributed by atoms with Crippen LogP contribution in [0.4, 0.5) is 5.69 Å². The van der Waals surface area contributed by atoms with E-state index in [0.29, 0.717) is 17.7 Å². The van der Waals surface area contributed by atoms with Crippen LogP contribution in [0, 0.1) is 20.8 Å². The second-order valence-corrected chi connectivity index (χ2v) is 6.26. The fourth-order valence-corrected chi connectivity index (χ4v) is 2.87. The van der Waals surface area contributed by atoms with E-state index in [-0.39, 0.29) is 11.3 Å². The van der Waals surface area contributed by atoms with Crippen molar-refractivity contribution in [2.45, 2.75) is 34.2 Å². The van der Waals surface area contributed by atoms with Crippen LogP contribution in [-0.2, 0) is 6.54 Å². The van der Waals surface area contributed by atoms with Crippen LogP contribution < -0.4 is 10.9 Å². The Bertz CT molecular complexity index is 1040. The lowest BCUT2D eigenvalue weighted by atomic mass is 10.1. The van der Waals surface area contributed by atoms with E-state index in [0.717, 1.165) is 22.2 Å². The molecular weight excluding hydrogens is 314 g/mol. The van der Waals surface area contributed by atoms with Crippen molar-refractivity contribution in [1.82, 2.24) is 9.55 Å². The van der Waals surface area contributed by atoms with Crippen molar-refractivity contribution >= 4 is 22.6 Å². The van der Waals surface area contributed by atoms with Crippen LogP contribution in [0.1, 0.15) is 34.1 Å². The van der Waals surface area contributed by atoms with E-state index in [2.05, 4.69) is 10.3 Å². The number of rotatable bonds is 3. The van der Waals surface area contributed by atoms with Gasteiger partial charge in [0.15, 0.2) is 5.69 Å². The number of anilines is 1. The standard InChI is InChI=1S/C20H21N3O2/c1-5-23-17-11-14(4)13(3)10-16(17)22-18(20(23)25)19(24)21-15-8-6-7-12(2)9-15/h6-11H,5H2,1-4H3,(H,21,24). The third kappa shape index (κ3) is 3.18. The maximum atomic E-state index is 12.7. The van der Waals surface area contributed by atoms with E-state index >= 15 is 0 Å². The number of carbonyl (C=O) groups excluding carboxylic acids is 1. The Labute approximate surface area is 146 Å². The number of benzene rings is 2.